The van der Waals surface area contributed by atoms with Crippen LogP contribution in [0, 0.1) is 13.8 Å². The van der Waals surface area contributed by atoms with Crippen molar-refractivity contribution in [3.05, 3.63) is 23.2 Å². The number of nitrogens with two attached hydrogens (primary N) is 1. The monoisotopic (exact) mass is 271 g/mol. The summed E-state index contributed by atoms with van der Waals surface area (Å²) in [7, 11) is -3.62. The first kappa shape index (κ1) is 12.4. The molecular weight excluding hydrogens is 258 g/mol. The maximum atomic E-state index is 11.8. The van der Waals surface area contributed by atoms with Gasteiger partial charge in [0.05, 0.1) is 11.4 Å². The van der Waals surface area contributed by atoms with E-state index in [0.717, 1.165) is 0 Å². The van der Waals surface area contributed by atoms with E-state index in [-0.39, 0.29) is 17.3 Å². The van der Waals surface area contributed by atoms with Gasteiger partial charge in [-0.25, -0.2) is 8.42 Å². The number of hydrogen-bond donors (Lipinski definition) is 3. The summed E-state index contributed by atoms with van der Waals surface area (Å²) >= 11 is 0. The Hall–Kier alpha value is -2.03. The van der Waals surface area contributed by atoms with Crippen LogP contribution in [0.15, 0.2) is 10.6 Å². The fourth-order valence-corrected chi connectivity index (χ4v) is 2.43. The quantitative estimate of drug-likeness (QED) is 0.744. The Balaban J connectivity index is 2.15. The molecule has 0 aromatic carbocycles. The Morgan fingerprint density at radius 2 is 2.22 bits per heavy atom. The number of hydrogen-bond acceptors (Lipinski definition) is 6. The molecule has 2 aromatic rings. The molecule has 18 heavy (non-hydrogen) atoms. The lowest BCUT2D eigenvalue weighted by atomic mass is 10.4. The molecule has 9 heteroatoms. The lowest BCUT2D eigenvalue weighted by Gasteiger charge is -2.03. The van der Waals surface area contributed by atoms with Crippen LogP contribution in [-0.2, 0) is 15.8 Å². The lowest BCUT2D eigenvalue weighted by molar-refractivity contribution is 0.392. The summed E-state index contributed by atoms with van der Waals surface area (Å²) in [4.78, 5) is 0. The standard InChI is InChI=1S/C9H13N5O3S/c1-5-3-7(13-17-5)4-18(15,16)14-9-8(10)6(2)11-12-9/h3H,4,10H2,1-2H3,(H2,11,12,14). The van der Waals surface area contributed by atoms with E-state index in [9.17, 15) is 8.42 Å². The Kier molecular flexibility index (Phi) is 2.99. The molecular formula is C9H13N5O3S. The SMILES string of the molecule is Cc1cc(CS(=O)(=O)Nc2n[nH]c(C)c2N)no1. The third kappa shape index (κ3) is 2.62. The van der Waals surface area contributed by atoms with Gasteiger partial charge >= 0.3 is 0 Å². The van der Waals surface area contributed by atoms with Gasteiger partial charge in [-0.2, -0.15) is 5.10 Å². The second kappa shape index (κ2) is 4.33. The van der Waals surface area contributed by atoms with Crippen molar-refractivity contribution in [2.24, 2.45) is 0 Å². The van der Waals surface area contributed by atoms with E-state index >= 15 is 0 Å². The van der Waals surface area contributed by atoms with Crippen molar-refractivity contribution >= 4 is 21.5 Å². The molecule has 0 spiro atoms. The van der Waals surface area contributed by atoms with E-state index in [4.69, 9.17) is 10.3 Å². The van der Waals surface area contributed by atoms with Crippen molar-refractivity contribution in [3.8, 4) is 0 Å². The predicted octanol–water partition coefficient (Wildman–Crippen LogP) is 0.539. The van der Waals surface area contributed by atoms with Crippen molar-refractivity contribution in [1.29, 1.82) is 0 Å². The maximum Gasteiger partial charge on any atom is 0.239 e. The van der Waals surface area contributed by atoms with E-state index in [1.165, 1.54) is 0 Å². The van der Waals surface area contributed by atoms with E-state index < -0.39 is 10.0 Å². The first-order valence-electron chi connectivity index (χ1n) is 5.10. The molecule has 2 rings (SSSR count). The van der Waals surface area contributed by atoms with E-state index in [1.54, 1.807) is 19.9 Å². The first-order chi connectivity index (χ1) is 8.37. The van der Waals surface area contributed by atoms with Gasteiger partial charge in [-0.05, 0) is 13.8 Å². The molecule has 0 saturated heterocycles. The summed E-state index contributed by atoms with van der Waals surface area (Å²) < 4.78 is 30.8. The minimum Gasteiger partial charge on any atom is -0.394 e. The molecule has 0 aliphatic carbocycles. The number of sulfonamides is 1. The van der Waals surface area contributed by atoms with Gasteiger partial charge in [-0.15, -0.1) is 0 Å². The molecule has 0 atom stereocenters. The summed E-state index contributed by atoms with van der Waals surface area (Å²) in [5.74, 6) is 0.346. The number of aromatic nitrogens is 3. The Bertz CT molecular complexity index is 658. The number of H-pyrrole nitrogens is 1. The summed E-state index contributed by atoms with van der Waals surface area (Å²) in [6.45, 7) is 3.38. The van der Waals surface area contributed by atoms with Gasteiger partial charge in [0, 0.05) is 6.07 Å². The lowest BCUT2D eigenvalue weighted by Crippen LogP contribution is -2.16. The minimum absolute atomic E-state index is 0.0905. The normalized spacial score (nSPS) is 11.7. The number of anilines is 2. The van der Waals surface area contributed by atoms with Crippen molar-refractivity contribution in [2.75, 3.05) is 10.5 Å². The average molecular weight is 271 g/mol. The van der Waals surface area contributed by atoms with Crippen LogP contribution in [0.25, 0.3) is 0 Å². The smallest absolute Gasteiger partial charge is 0.239 e. The fourth-order valence-electron chi connectivity index (χ4n) is 1.38. The molecule has 0 amide bonds. The van der Waals surface area contributed by atoms with Crippen LogP contribution in [0.2, 0.25) is 0 Å². The molecule has 0 fully saturated rings. The Morgan fingerprint density at radius 3 is 2.72 bits per heavy atom. The predicted molar refractivity (Wildman–Crippen MR) is 65.2 cm³/mol. The number of rotatable bonds is 4. The van der Waals surface area contributed by atoms with Crippen molar-refractivity contribution in [1.82, 2.24) is 15.4 Å². The maximum absolute atomic E-state index is 11.8. The summed E-state index contributed by atoms with van der Waals surface area (Å²) in [6, 6.07) is 1.55. The Labute approximate surface area is 104 Å². The minimum atomic E-state index is -3.62. The van der Waals surface area contributed by atoms with Gasteiger partial charge in [-0.3, -0.25) is 9.82 Å². The molecule has 0 saturated carbocycles. The van der Waals surface area contributed by atoms with Crippen LogP contribution in [0.4, 0.5) is 11.5 Å². The third-order valence-corrected chi connectivity index (χ3v) is 3.44. The zero-order chi connectivity index (χ0) is 13.3. The molecule has 98 valence electrons. The molecule has 0 bridgehead atoms. The zero-order valence-corrected chi connectivity index (χ0v) is 10.7. The number of aromatic amines is 1. The number of nitrogens with zero attached hydrogens (tertiary/aromatic N) is 2. The fraction of sp³-hybridized carbons (Fsp3) is 0.333. The van der Waals surface area contributed by atoms with Crippen molar-refractivity contribution < 1.29 is 12.9 Å². The number of nitrogens with one attached hydrogen (secondary N) is 2. The molecule has 0 radical (unpaired) electrons. The molecule has 0 unspecified atom stereocenters. The van der Waals surface area contributed by atoms with Gasteiger partial charge < -0.3 is 10.3 Å². The second-order valence-corrected chi connectivity index (χ2v) is 5.62. The van der Waals surface area contributed by atoms with E-state index in [0.29, 0.717) is 17.1 Å². The highest BCUT2D eigenvalue weighted by atomic mass is 32.2. The van der Waals surface area contributed by atoms with Gasteiger partial charge in [0.1, 0.15) is 17.2 Å². The highest BCUT2D eigenvalue weighted by Gasteiger charge is 2.18. The van der Waals surface area contributed by atoms with Gasteiger partial charge in [-0.1, -0.05) is 5.16 Å². The Morgan fingerprint density at radius 1 is 1.50 bits per heavy atom. The molecule has 4 N–H and O–H groups in total. The zero-order valence-electron chi connectivity index (χ0n) is 9.89. The van der Waals surface area contributed by atoms with Crippen LogP contribution >= 0.6 is 0 Å². The molecule has 2 heterocycles. The van der Waals surface area contributed by atoms with Crippen LogP contribution in [0.1, 0.15) is 17.1 Å². The number of aryl methyl sites for hydroxylation is 2. The van der Waals surface area contributed by atoms with E-state index in [2.05, 4.69) is 20.1 Å². The van der Waals surface area contributed by atoms with Crippen molar-refractivity contribution in [3.63, 3.8) is 0 Å². The average Bonchev–Trinajstić information content (AvgIpc) is 2.78. The van der Waals surface area contributed by atoms with Crippen LogP contribution in [-0.4, -0.2) is 23.8 Å². The summed E-state index contributed by atoms with van der Waals surface area (Å²) in [5, 5.41) is 9.97. The number of nitrogen functional groups attached to an aromatic ring is 1. The molecule has 8 nitrogen and oxygen atoms in total. The van der Waals surface area contributed by atoms with Gasteiger partial charge in [0.2, 0.25) is 10.0 Å². The first-order valence-corrected chi connectivity index (χ1v) is 6.76. The molecule has 0 aliphatic heterocycles. The van der Waals surface area contributed by atoms with Gasteiger partial charge in [0.25, 0.3) is 0 Å². The van der Waals surface area contributed by atoms with Crippen LogP contribution in [0.5, 0.6) is 0 Å². The highest BCUT2D eigenvalue weighted by molar-refractivity contribution is 7.91. The van der Waals surface area contributed by atoms with Crippen LogP contribution in [0.3, 0.4) is 0 Å². The highest BCUT2D eigenvalue weighted by Crippen LogP contribution is 2.20. The summed E-state index contributed by atoms with van der Waals surface area (Å²) in [6.07, 6.45) is 0. The molecule has 2 aromatic heterocycles. The topological polar surface area (TPSA) is 127 Å². The largest absolute Gasteiger partial charge is 0.394 e. The second-order valence-electron chi connectivity index (χ2n) is 3.90. The van der Waals surface area contributed by atoms with E-state index in [1.807, 2.05) is 0 Å². The van der Waals surface area contributed by atoms with Gasteiger partial charge in [0.15, 0.2) is 5.82 Å². The van der Waals surface area contributed by atoms with Crippen molar-refractivity contribution in [2.45, 2.75) is 19.6 Å². The summed E-state index contributed by atoms with van der Waals surface area (Å²) in [5.41, 5.74) is 6.85. The third-order valence-electron chi connectivity index (χ3n) is 2.26. The molecule has 0 aliphatic rings. The van der Waals surface area contributed by atoms with Crippen LogP contribution < -0.4 is 10.5 Å².